The van der Waals surface area contributed by atoms with Gasteiger partial charge in [0.1, 0.15) is 0 Å². The third-order valence-electron chi connectivity index (χ3n) is 4.55. The molecule has 0 radical (unpaired) electrons. The quantitative estimate of drug-likeness (QED) is 0.758. The minimum Gasteiger partial charge on any atom is -0.293 e. The molecule has 96 valence electrons. The van der Waals surface area contributed by atoms with Crippen LogP contribution in [-0.2, 0) is 6.42 Å². The van der Waals surface area contributed by atoms with Crippen molar-refractivity contribution in [3.05, 3.63) is 35.4 Å². The number of carbonyl (C=O) groups excluding carboxylic acids is 1. The van der Waals surface area contributed by atoms with Crippen LogP contribution in [0.1, 0.15) is 42.1 Å². The van der Waals surface area contributed by atoms with Crippen LogP contribution in [0, 0.1) is 5.92 Å². The van der Waals surface area contributed by atoms with E-state index in [0.717, 1.165) is 24.4 Å². The van der Waals surface area contributed by atoms with Crippen molar-refractivity contribution in [2.75, 3.05) is 13.1 Å². The zero-order chi connectivity index (χ0) is 12.5. The van der Waals surface area contributed by atoms with E-state index in [2.05, 4.69) is 24.0 Å². The largest absolute Gasteiger partial charge is 0.293 e. The van der Waals surface area contributed by atoms with Crippen molar-refractivity contribution in [3.8, 4) is 0 Å². The van der Waals surface area contributed by atoms with Crippen molar-refractivity contribution >= 4 is 5.78 Å². The molecule has 1 aliphatic carbocycles. The lowest BCUT2D eigenvalue weighted by Crippen LogP contribution is -2.36. The number of rotatable bonds is 4. The zero-order valence-electron chi connectivity index (χ0n) is 11.1. The van der Waals surface area contributed by atoms with Gasteiger partial charge in [0, 0.05) is 18.2 Å². The van der Waals surface area contributed by atoms with E-state index in [-0.39, 0.29) is 5.78 Å². The van der Waals surface area contributed by atoms with Gasteiger partial charge in [-0.05, 0) is 37.2 Å². The summed E-state index contributed by atoms with van der Waals surface area (Å²) >= 11 is 0. The molecule has 0 spiro atoms. The summed E-state index contributed by atoms with van der Waals surface area (Å²) in [7, 11) is 0. The third-order valence-corrected chi connectivity index (χ3v) is 4.55. The molecular formula is C16H21NO. The summed E-state index contributed by atoms with van der Waals surface area (Å²) in [4.78, 5) is 14.6. The van der Waals surface area contributed by atoms with Crippen LogP contribution in [0.5, 0.6) is 0 Å². The molecule has 2 fully saturated rings. The standard InChI is InChI=1S/C16H21NO/c1-2-12-3-6-14(7-4-12)16(18)11-17-10-13-5-8-15(17)9-13/h3-4,6-7,13,15H,2,5,8-11H2,1H3. The van der Waals surface area contributed by atoms with Crippen LogP contribution in [0.2, 0.25) is 0 Å². The van der Waals surface area contributed by atoms with Gasteiger partial charge in [0.25, 0.3) is 0 Å². The van der Waals surface area contributed by atoms with E-state index in [0.29, 0.717) is 12.6 Å². The first kappa shape index (κ1) is 11.9. The highest BCUT2D eigenvalue weighted by Crippen LogP contribution is 2.37. The molecule has 1 aromatic rings. The van der Waals surface area contributed by atoms with Crippen LogP contribution in [0.3, 0.4) is 0 Å². The molecular weight excluding hydrogens is 222 g/mol. The second kappa shape index (κ2) is 4.85. The first-order valence-electron chi connectivity index (χ1n) is 7.12. The summed E-state index contributed by atoms with van der Waals surface area (Å²) in [6.07, 6.45) is 5.03. The van der Waals surface area contributed by atoms with Gasteiger partial charge in [-0.25, -0.2) is 0 Å². The highest BCUT2D eigenvalue weighted by molar-refractivity contribution is 5.97. The Morgan fingerprint density at radius 2 is 2.06 bits per heavy atom. The number of benzene rings is 1. The summed E-state index contributed by atoms with van der Waals surface area (Å²) in [5.41, 5.74) is 2.17. The highest BCUT2D eigenvalue weighted by Gasteiger charge is 2.38. The first-order valence-corrected chi connectivity index (χ1v) is 7.12. The molecule has 1 saturated carbocycles. The molecule has 1 heterocycles. The van der Waals surface area contributed by atoms with E-state index in [1.807, 2.05) is 12.1 Å². The van der Waals surface area contributed by atoms with Crippen molar-refractivity contribution in [2.45, 2.75) is 38.6 Å². The van der Waals surface area contributed by atoms with E-state index >= 15 is 0 Å². The lowest BCUT2D eigenvalue weighted by molar-refractivity contribution is 0.0905. The Hall–Kier alpha value is -1.15. The average molecular weight is 243 g/mol. The van der Waals surface area contributed by atoms with Gasteiger partial charge < -0.3 is 0 Å². The Kier molecular flexibility index (Phi) is 3.21. The Balaban J connectivity index is 1.64. The maximum atomic E-state index is 12.2. The van der Waals surface area contributed by atoms with E-state index in [1.54, 1.807) is 0 Å². The van der Waals surface area contributed by atoms with Crippen LogP contribution < -0.4 is 0 Å². The molecule has 0 N–H and O–H groups in total. The summed E-state index contributed by atoms with van der Waals surface area (Å²) < 4.78 is 0. The maximum Gasteiger partial charge on any atom is 0.176 e. The molecule has 1 aliphatic heterocycles. The average Bonchev–Trinajstić information content (AvgIpc) is 3.01. The molecule has 2 atom stereocenters. The fraction of sp³-hybridized carbons (Fsp3) is 0.562. The fourth-order valence-electron chi connectivity index (χ4n) is 3.42. The van der Waals surface area contributed by atoms with E-state index in [4.69, 9.17) is 0 Å². The number of piperidine rings is 1. The molecule has 2 aliphatic rings. The Labute approximate surface area is 109 Å². The number of ketones is 1. The summed E-state index contributed by atoms with van der Waals surface area (Å²) in [5, 5.41) is 0. The maximum absolute atomic E-state index is 12.2. The minimum atomic E-state index is 0.283. The van der Waals surface area contributed by atoms with Crippen LogP contribution in [0.15, 0.2) is 24.3 Å². The predicted octanol–water partition coefficient (Wildman–Crippen LogP) is 2.92. The third kappa shape index (κ3) is 2.22. The number of hydrogen-bond donors (Lipinski definition) is 0. The van der Waals surface area contributed by atoms with Gasteiger partial charge in [-0.1, -0.05) is 31.2 Å². The van der Waals surface area contributed by atoms with Crippen molar-refractivity contribution < 1.29 is 4.79 Å². The zero-order valence-corrected chi connectivity index (χ0v) is 11.1. The topological polar surface area (TPSA) is 20.3 Å². The van der Waals surface area contributed by atoms with E-state index in [9.17, 15) is 4.79 Å². The number of nitrogens with zero attached hydrogens (tertiary/aromatic N) is 1. The molecule has 2 heteroatoms. The summed E-state index contributed by atoms with van der Waals surface area (Å²) in [6, 6.07) is 8.80. The van der Waals surface area contributed by atoms with Crippen LogP contribution >= 0.6 is 0 Å². The minimum absolute atomic E-state index is 0.283. The first-order chi connectivity index (χ1) is 8.76. The number of aryl methyl sites for hydroxylation is 1. The number of fused-ring (bicyclic) bond motifs is 2. The van der Waals surface area contributed by atoms with Gasteiger partial charge in [0.15, 0.2) is 5.78 Å². The van der Waals surface area contributed by atoms with Crippen molar-refractivity contribution in [2.24, 2.45) is 5.92 Å². The van der Waals surface area contributed by atoms with Gasteiger partial charge in [0.05, 0.1) is 6.54 Å². The van der Waals surface area contributed by atoms with Gasteiger partial charge >= 0.3 is 0 Å². The number of hydrogen-bond acceptors (Lipinski definition) is 2. The van der Waals surface area contributed by atoms with Gasteiger partial charge in [-0.3, -0.25) is 9.69 Å². The molecule has 1 saturated heterocycles. The fourth-order valence-corrected chi connectivity index (χ4v) is 3.42. The van der Waals surface area contributed by atoms with Crippen LogP contribution in [0.25, 0.3) is 0 Å². The molecule has 0 aromatic heterocycles. The van der Waals surface area contributed by atoms with E-state index in [1.165, 1.54) is 24.8 Å². The van der Waals surface area contributed by atoms with Gasteiger partial charge in [-0.15, -0.1) is 0 Å². The number of Topliss-reactive ketones (excluding diaryl/α,β-unsaturated/α-hetero) is 1. The van der Waals surface area contributed by atoms with Gasteiger partial charge in [0.2, 0.25) is 0 Å². The second-order valence-electron chi connectivity index (χ2n) is 5.74. The summed E-state index contributed by atoms with van der Waals surface area (Å²) in [5.74, 6) is 1.15. The monoisotopic (exact) mass is 243 g/mol. The van der Waals surface area contributed by atoms with E-state index < -0.39 is 0 Å². The van der Waals surface area contributed by atoms with Crippen molar-refractivity contribution in [1.29, 1.82) is 0 Å². The molecule has 3 rings (SSSR count). The molecule has 18 heavy (non-hydrogen) atoms. The van der Waals surface area contributed by atoms with Crippen molar-refractivity contribution in [1.82, 2.24) is 4.90 Å². The lowest BCUT2D eigenvalue weighted by atomic mass is 10.1. The SMILES string of the molecule is CCc1ccc(C(=O)CN2CC3CCC2C3)cc1. The molecule has 0 amide bonds. The van der Waals surface area contributed by atoms with Gasteiger partial charge in [-0.2, -0.15) is 0 Å². The number of carbonyl (C=O) groups is 1. The molecule has 2 nitrogen and oxygen atoms in total. The molecule has 2 unspecified atom stereocenters. The number of likely N-dealkylation sites (tertiary alicyclic amines) is 1. The Morgan fingerprint density at radius 3 is 2.61 bits per heavy atom. The Bertz CT molecular complexity index is 437. The summed E-state index contributed by atoms with van der Waals surface area (Å²) in [6.45, 7) is 3.90. The molecule has 1 aromatic carbocycles. The molecule has 2 bridgehead atoms. The smallest absolute Gasteiger partial charge is 0.176 e. The van der Waals surface area contributed by atoms with Crippen molar-refractivity contribution in [3.63, 3.8) is 0 Å². The highest BCUT2D eigenvalue weighted by atomic mass is 16.1. The van der Waals surface area contributed by atoms with Crippen LogP contribution in [0.4, 0.5) is 0 Å². The lowest BCUT2D eigenvalue weighted by Gasteiger charge is -2.25. The van der Waals surface area contributed by atoms with Crippen LogP contribution in [-0.4, -0.2) is 29.8 Å². The predicted molar refractivity (Wildman–Crippen MR) is 72.9 cm³/mol. The second-order valence-corrected chi connectivity index (χ2v) is 5.74. The normalized spacial score (nSPS) is 26.7. The Morgan fingerprint density at radius 1 is 1.28 bits per heavy atom.